The highest BCUT2D eigenvalue weighted by molar-refractivity contribution is 6.20. The van der Waals surface area contributed by atoms with Gasteiger partial charge in [-0.1, -0.05) is 0 Å². The second-order valence-corrected chi connectivity index (χ2v) is 2.99. The third kappa shape index (κ3) is 1.64. The van der Waals surface area contributed by atoms with Crippen LogP contribution in [0.15, 0.2) is 0 Å². The van der Waals surface area contributed by atoms with Crippen molar-refractivity contribution in [3.8, 4) is 0 Å². The first kappa shape index (κ1) is 6.37. The van der Waals surface area contributed by atoms with Crippen molar-refractivity contribution in [2.75, 3.05) is 0 Å². The molecule has 48 valence electrons. The molecule has 1 nitrogen and oxygen atoms in total. The van der Waals surface area contributed by atoms with E-state index < -0.39 is 0 Å². The summed E-state index contributed by atoms with van der Waals surface area (Å²) in [5, 5.41) is 3.24. The Morgan fingerprint density at radius 3 is 2.62 bits per heavy atom. The third-order valence-electron chi connectivity index (χ3n) is 1.56. The number of halogens is 1. The fourth-order valence-corrected chi connectivity index (χ4v) is 1.45. The van der Waals surface area contributed by atoms with Crippen molar-refractivity contribution in [2.45, 2.75) is 37.7 Å². The normalized spacial score (nSPS) is 39.8. The van der Waals surface area contributed by atoms with Crippen LogP contribution in [0.4, 0.5) is 0 Å². The average Bonchev–Trinajstić information content (AvgIpc) is 1.64. The van der Waals surface area contributed by atoms with Crippen molar-refractivity contribution in [1.29, 1.82) is 0 Å². The van der Waals surface area contributed by atoms with E-state index in [1.165, 1.54) is 12.8 Å². The maximum atomic E-state index is 5.80. The molecule has 1 fully saturated rings. The van der Waals surface area contributed by atoms with Crippen molar-refractivity contribution in [2.24, 2.45) is 0 Å². The Morgan fingerprint density at radius 1 is 1.50 bits per heavy atom. The largest absolute Gasteiger partial charge is 0.299 e. The molecule has 1 rings (SSSR count). The van der Waals surface area contributed by atoms with Gasteiger partial charge in [-0.3, -0.25) is 5.32 Å². The van der Waals surface area contributed by atoms with Gasteiger partial charge in [0.25, 0.3) is 0 Å². The minimum atomic E-state index is 0.235. The van der Waals surface area contributed by atoms with E-state index in [4.69, 9.17) is 11.6 Å². The molecule has 0 amide bonds. The van der Waals surface area contributed by atoms with Crippen LogP contribution in [-0.4, -0.2) is 11.5 Å². The van der Waals surface area contributed by atoms with Crippen molar-refractivity contribution in [3.05, 3.63) is 0 Å². The van der Waals surface area contributed by atoms with Crippen LogP contribution < -0.4 is 5.32 Å². The van der Waals surface area contributed by atoms with Gasteiger partial charge in [-0.25, -0.2) is 0 Å². The van der Waals surface area contributed by atoms with E-state index in [1.54, 1.807) is 0 Å². The first-order valence-corrected chi connectivity index (χ1v) is 3.63. The van der Waals surface area contributed by atoms with E-state index >= 15 is 0 Å². The Hall–Kier alpha value is 0.250. The first-order valence-electron chi connectivity index (χ1n) is 3.19. The lowest BCUT2D eigenvalue weighted by molar-refractivity contribution is 0.398. The minimum absolute atomic E-state index is 0.235. The molecule has 2 heteroatoms. The summed E-state index contributed by atoms with van der Waals surface area (Å²) in [6.07, 6.45) is 3.69. The zero-order chi connectivity index (χ0) is 5.98. The maximum absolute atomic E-state index is 5.80. The smallest absolute Gasteiger partial charge is 0.0827 e. The van der Waals surface area contributed by atoms with E-state index in [1.807, 2.05) is 0 Å². The van der Waals surface area contributed by atoms with Crippen LogP contribution in [0.3, 0.4) is 0 Å². The van der Waals surface area contributed by atoms with Gasteiger partial charge in [-0.2, -0.15) is 0 Å². The van der Waals surface area contributed by atoms with E-state index in [0.717, 1.165) is 6.42 Å². The van der Waals surface area contributed by atoms with E-state index in [9.17, 15) is 0 Å². The lowest BCUT2D eigenvalue weighted by atomic mass is 10.1. The fourth-order valence-electron chi connectivity index (χ4n) is 1.08. The van der Waals surface area contributed by atoms with Gasteiger partial charge in [0, 0.05) is 6.04 Å². The second kappa shape index (κ2) is 2.70. The molecule has 1 aliphatic heterocycles. The van der Waals surface area contributed by atoms with Gasteiger partial charge >= 0.3 is 0 Å². The fraction of sp³-hybridized carbons (Fsp3) is 1.00. The standard InChI is InChI=1S/C6H12ClN/c1-5-3-2-4-6(7)8-5/h5-6,8H,2-4H2,1H3. The van der Waals surface area contributed by atoms with Crippen LogP contribution in [0.5, 0.6) is 0 Å². The Balaban J connectivity index is 2.23. The molecular weight excluding hydrogens is 122 g/mol. The van der Waals surface area contributed by atoms with Crippen molar-refractivity contribution in [1.82, 2.24) is 5.32 Å². The van der Waals surface area contributed by atoms with Gasteiger partial charge in [0.15, 0.2) is 0 Å². The summed E-state index contributed by atoms with van der Waals surface area (Å²) in [6.45, 7) is 2.18. The van der Waals surface area contributed by atoms with Crippen LogP contribution in [0, 0.1) is 0 Å². The lowest BCUT2D eigenvalue weighted by Crippen LogP contribution is -2.36. The molecule has 8 heavy (non-hydrogen) atoms. The number of nitrogens with one attached hydrogen (secondary N) is 1. The molecule has 0 aliphatic carbocycles. The number of rotatable bonds is 0. The first-order chi connectivity index (χ1) is 3.79. The summed E-state index contributed by atoms with van der Waals surface area (Å²) < 4.78 is 0. The Kier molecular flexibility index (Phi) is 2.15. The summed E-state index contributed by atoms with van der Waals surface area (Å²) in [5.74, 6) is 0. The monoisotopic (exact) mass is 133 g/mol. The highest BCUT2D eigenvalue weighted by atomic mass is 35.5. The van der Waals surface area contributed by atoms with Crippen LogP contribution in [0.1, 0.15) is 26.2 Å². The quantitative estimate of drug-likeness (QED) is 0.392. The molecule has 0 saturated carbocycles. The van der Waals surface area contributed by atoms with Crippen molar-refractivity contribution >= 4 is 11.6 Å². The predicted octanol–water partition coefficient (Wildman–Crippen LogP) is 1.71. The minimum Gasteiger partial charge on any atom is -0.299 e. The lowest BCUT2D eigenvalue weighted by Gasteiger charge is -2.23. The maximum Gasteiger partial charge on any atom is 0.0827 e. The number of hydrogen-bond acceptors (Lipinski definition) is 1. The van der Waals surface area contributed by atoms with Gasteiger partial charge in [0.05, 0.1) is 5.50 Å². The summed E-state index contributed by atoms with van der Waals surface area (Å²) >= 11 is 5.80. The molecule has 2 unspecified atom stereocenters. The molecule has 0 spiro atoms. The summed E-state index contributed by atoms with van der Waals surface area (Å²) in [4.78, 5) is 0. The number of hydrogen-bond donors (Lipinski definition) is 1. The summed E-state index contributed by atoms with van der Waals surface area (Å²) in [6, 6.07) is 0.631. The van der Waals surface area contributed by atoms with E-state index in [-0.39, 0.29) is 5.50 Å². The van der Waals surface area contributed by atoms with Crippen LogP contribution in [0.25, 0.3) is 0 Å². The van der Waals surface area contributed by atoms with E-state index in [0.29, 0.717) is 6.04 Å². The highest BCUT2D eigenvalue weighted by Crippen LogP contribution is 2.13. The summed E-state index contributed by atoms with van der Waals surface area (Å²) in [5.41, 5.74) is 0.235. The molecule has 1 N–H and O–H groups in total. The molecule has 0 aromatic rings. The second-order valence-electron chi connectivity index (χ2n) is 2.47. The molecule has 0 radical (unpaired) electrons. The topological polar surface area (TPSA) is 12.0 Å². The Labute approximate surface area is 55.4 Å². The van der Waals surface area contributed by atoms with Gasteiger partial charge in [0.1, 0.15) is 0 Å². The molecule has 0 bridgehead atoms. The molecule has 1 aliphatic rings. The predicted molar refractivity (Wildman–Crippen MR) is 36.1 cm³/mol. The van der Waals surface area contributed by atoms with Crippen molar-refractivity contribution < 1.29 is 0 Å². The molecule has 1 saturated heterocycles. The number of alkyl halides is 1. The molecular formula is C6H12ClN. The Morgan fingerprint density at radius 2 is 2.25 bits per heavy atom. The van der Waals surface area contributed by atoms with Crippen LogP contribution in [0.2, 0.25) is 0 Å². The molecule has 0 aromatic carbocycles. The third-order valence-corrected chi connectivity index (χ3v) is 1.90. The average molecular weight is 134 g/mol. The van der Waals surface area contributed by atoms with Gasteiger partial charge in [0.2, 0.25) is 0 Å². The highest BCUT2D eigenvalue weighted by Gasteiger charge is 2.13. The zero-order valence-electron chi connectivity index (χ0n) is 5.15. The van der Waals surface area contributed by atoms with Crippen LogP contribution in [-0.2, 0) is 0 Å². The molecule has 2 atom stereocenters. The zero-order valence-corrected chi connectivity index (χ0v) is 5.91. The van der Waals surface area contributed by atoms with Gasteiger partial charge < -0.3 is 0 Å². The summed E-state index contributed by atoms with van der Waals surface area (Å²) in [7, 11) is 0. The van der Waals surface area contributed by atoms with E-state index in [2.05, 4.69) is 12.2 Å². The van der Waals surface area contributed by atoms with Gasteiger partial charge in [-0.05, 0) is 26.2 Å². The van der Waals surface area contributed by atoms with Crippen molar-refractivity contribution in [3.63, 3.8) is 0 Å². The molecule has 1 heterocycles. The SMILES string of the molecule is CC1CCCC(Cl)N1. The Bertz CT molecular complexity index is 66.9. The van der Waals surface area contributed by atoms with Crippen LogP contribution >= 0.6 is 11.6 Å². The van der Waals surface area contributed by atoms with Gasteiger partial charge in [-0.15, -0.1) is 11.6 Å². The molecule has 0 aromatic heterocycles. The number of piperidine rings is 1.